The molecule has 1 aliphatic heterocycles. The number of anilines is 1. The summed E-state index contributed by atoms with van der Waals surface area (Å²) in [5.74, 6) is 0.599. The van der Waals surface area contributed by atoms with Crippen molar-refractivity contribution in [3.8, 4) is 11.8 Å². The first-order valence-corrected chi connectivity index (χ1v) is 12.6. The summed E-state index contributed by atoms with van der Waals surface area (Å²) in [6.45, 7) is 9.90. The Bertz CT molecular complexity index is 1250. The molecule has 1 N–H and O–H groups in total. The fourth-order valence-corrected chi connectivity index (χ4v) is 5.12. The molecule has 5 nitrogen and oxygen atoms in total. The molecule has 0 radical (unpaired) electrons. The molecule has 1 heterocycles. The van der Waals surface area contributed by atoms with Crippen molar-refractivity contribution in [2.24, 2.45) is 0 Å². The SMILES string of the molecule is C=C(c1ccc(N2CCN(CC(C)c3ccc(C#N)cc3)C[C@H]2c2ccc(O)cc2)c(Cl)c1)N(C)C. The Morgan fingerprint density at radius 3 is 2.42 bits per heavy atom. The molecule has 3 aromatic rings. The minimum Gasteiger partial charge on any atom is -0.508 e. The minimum absolute atomic E-state index is 0.0907. The number of nitriles is 1. The number of phenols is 1. The molecule has 186 valence electrons. The van der Waals surface area contributed by atoms with Crippen LogP contribution >= 0.6 is 11.6 Å². The van der Waals surface area contributed by atoms with Crippen LogP contribution in [0.15, 0.2) is 73.3 Å². The van der Waals surface area contributed by atoms with Crippen LogP contribution in [-0.4, -0.2) is 55.2 Å². The largest absolute Gasteiger partial charge is 0.508 e. The zero-order valence-electron chi connectivity index (χ0n) is 21.2. The van der Waals surface area contributed by atoms with E-state index in [1.54, 1.807) is 12.1 Å². The van der Waals surface area contributed by atoms with Crippen molar-refractivity contribution in [3.05, 3.63) is 101 Å². The molecule has 0 saturated carbocycles. The van der Waals surface area contributed by atoms with Gasteiger partial charge in [0.1, 0.15) is 5.75 Å². The van der Waals surface area contributed by atoms with Crippen LogP contribution in [0.2, 0.25) is 5.02 Å². The molecule has 0 amide bonds. The Labute approximate surface area is 219 Å². The lowest BCUT2D eigenvalue weighted by atomic mass is 9.96. The highest BCUT2D eigenvalue weighted by molar-refractivity contribution is 6.33. The van der Waals surface area contributed by atoms with E-state index in [1.807, 2.05) is 49.3 Å². The number of phenolic OH excluding ortho intramolecular Hbond substituents is 1. The van der Waals surface area contributed by atoms with E-state index in [1.165, 1.54) is 5.56 Å². The summed E-state index contributed by atoms with van der Waals surface area (Å²) in [6.07, 6.45) is 0. The van der Waals surface area contributed by atoms with Gasteiger partial charge in [0.2, 0.25) is 0 Å². The molecule has 0 aliphatic carbocycles. The highest BCUT2D eigenvalue weighted by Gasteiger charge is 2.30. The van der Waals surface area contributed by atoms with Gasteiger partial charge >= 0.3 is 0 Å². The van der Waals surface area contributed by atoms with Gasteiger partial charge in [-0.2, -0.15) is 5.26 Å². The van der Waals surface area contributed by atoms with Crippen LogP contribution in [0.25, 0.3) is 5.70 Å². The van der Waals surface area contributed by atoms with Crippen LogP contribution in [-0.2, 0) is 0 Å². The summed E-state index contributed by atoms with van der Waals surface area (Å²) in [7, 11) is 3.95. The smallest absolute Gasteiger partial charge is 0.115 e. The third-order valence-electron chi connectivity index (χ3n) is 7.01. The highest BCUT2D eigenvalue weighted by Crippen LogP contribution is 2.37. The van der Waals surface area contributed by atoms with E-state index in [-0.39, 0.29) is 11.8 Å². The first-order valence-electron chi connectivity index (χ1n) is 12.2. The minimum atomic E-state index is 0.0907. The maximum atomic E-state index is 9.87. The predicted molar refractivity (Wildman–Crippen MR) is 148 cm³/mol. The summed E-state index contributed by atoms with van der Waals surface area (Å²) >= 11 is 6.84. The second-order valence-corrected chi connectivity index (χ2v) is 10.1. The predicted octanol–water partition coefficient (Wildman–Crippen LogP) is 6.12. The zero-order chi connectivity index (χ0) is 25.8. The molecule has 0 bridgehead atoms. The van der Waals surface area contributed by atoms with Gasteiger partial charge in [-0.3, -0.25) is 4.90 Å². The molecule has 6 heteroatoms. The number of hydrogen-bond donors (Lipinski definition) is 1. The van der Waals surface area contributed by atoms with Crippen molar-refractivity contribution >= 4 is 23.0 Å². The lowest BCUT2D eigenvalue weighted by Gasteiger charge is -2.44. The van der Waals surface area contributed by atoms with E-state index in [2.05, 4.69) is 53.6 Å². The van der Waals surface area contributed by atoms with E-state index in [4.69, 9.17) is 16.9 Å². The van der Waals surface area contributed by atoms with Gasteiger partial charge in [0.15, 0.2) is 0 Å². The van der Waals surface area contributed by atoms with Crippen molar-refractivity contribution in [3.63, 3.8) is 0 Å². The Morgan fingerprint density at radius 1 is 1.11 bits per heavy atom. The second kappa shape index (κ2) is 11.1. The molecule has 1 unspecified atom stereocenters. The van der Waals surface area contributed by atoms with Crippen LogP contribution in [0.4, 0.5) is 5.69 Å². The van der Waals surface area contributed by atoms with Crippen molar-refractivity contribution in [2.75, 3.05) is 45.2 Å². The number of nitrogens with zero attached hydrogens (tertiary/aromatic N) is 4. The van der Waals surface area contributed by atoms with Crippen LogP contribution in [0.3, 0.4) is 0 Å². The van der Waals surface area contributed by atoms with Gasteiger partial charge in [-0.1, -0.05) is 55.4 Å². The average molecular weight is 501 g/mol. The summed E-state index contributed by atoms with van der Waals surface area (Å²) in [5, 5.41) is 19.7. The molecule has 1 fully saturated rings. The zero-order valence-corrected chi connectivity index (χ0v) is 21.9. The van der Waals surface area contributed by atoms with Crippen molar-refractivity contribution in [2.45, 2.75) is 18.9 Å². The topological polar surface area (TPSA) is 53.7 Å². The maximum absolute atomic E-state index is 9.87. The summed E-state index contributed by atoms with van der Waals surface area (Å²) in [4.78, 5) is 6.85. The lowest BCUT2D eigenvalue weighted by molar-refractivity contribution is 0.214. The summed E-state index contributed by atoms with van der Waals surface area (Å²) < 4.78 is 0. The van der Waals surface area contributed by atoms with Gasteiger partial charge in [0.25, 0.3) is 0 Å². The maximum Gasteiger partial charge on any atom is 0.115 e. The van der Waals surface area contributed by atoms with Gasteiger partial charge in [-0.15, -0.1) is 0 Å². The Morgan fingerprint density at radius 2 is 1.81 bits per heavy atom. The lowest BCUT2D eigenvalue weighted by Crippen LogP contribution is -2.49. The van der Waals surface area contributed by atoms with Crippen molar-refractivity contribution < 1.29 is 5.11 Å². The molecule has 0 aromatic heterocycles. The molecular formula is C30H33ClN4O. The Kier molecular flexibility index (Phi) is 7.88. The molecule has 1 saturated heterocycles. The highest BCUT2D eigenvalue weighted by atomic mass is 35.5. The number of hydrogen-bond acceptors (Lipinski definition) is 5. The van der Waals surface area contributed by atoms with E-state index in [0.717, 1.165) is 48.7 Å². The number of rotatable bonds is 7. The van der Waals surface area contributed by atoms with Gasteiger partial charge in [0.05, 0.1) is 28.4 Å². The standard InChI is InChI=1S/C30H33ClN4O/c1-21(24-7-5-23(18-32)6-8-24)19-34-15-16-35(30(20-34)25-9-12-27(36)13-10-25)29-14-11-26(17-28(29)31)22(2)33(3)4/h5-14,17,21,30,36H,2,15-16,19-20H2,1,3-4H3/t21?,30-/m0/s1. The number of halogens is 1. The van der Waals surface area contributed by atoms with E-state index >= 15 is 0 Å². The van der Waals surface area contributed by atoms with Gasteiger partial charge in [-0.25, -0.2) is 0 Å². The molecule has 2 atom stereocenters. The molecule has 3 aromatic carbocycles. The summed E-state index contributed by atoms with van der Waals surface area (Å²) in [6, 6.07) is 23.8. The number of piperazine rings is 1. The van der Waals surface area contributed by atoms with Crippen molar-refractivity contribution in [1.82, 2.24) is 9.80 Å². The van der Waals surface area contributed by atoms with Gasteiger partial charge in [0, 0.05) is 46.0 Å². The molecule has 36 heavy (non-hydrogen) atoms. The van der Waals surface area contributed by atoms with Crippen LogP contribution in [0.1, 0.15) is 41.1 Å². The Balaban J connectivity index is 1.58. The molecule has 1 aliphatic rings. The van der Waals surface area contributed by atoms with E-state index < -0.39 is 0 Å². The molecule has 0 spiro atoms. The first-order chi connectivity index (χ1) is 17.3. The van der Waals surface area contributed by atoms with Crippen LogP contribution in [0, 0.1) is 11.3 Å². The van der Waals surface area contributed by atoms with E-state index in [9.17, 15) is 5.11 Å². The number of benzene rings is 3. The summed E-state index contributed by atoms with van der Waals surface area (Å²) in [5.41, 5.74) is 5.98. The average Bonchev–Trinajstić information content (AvgIpc) is 2.88. The Hall–Kier alpha value is -3.46. The molecule has 4 rings (SSSR count). The third kappa shape index (κ3) is 5.67. The van der Waals surface area contributed by atoms with Gasteiger partial charge < -0.3 is 14.9 Å². The van der Waals surface area contributed by atoms with Crippen LogP contribution in [0.5, 0.6) is 5.75 Å². The first kappa shape index (κ1) is 25.6. The fraction of sp³-hybridized carbons (Fsp3) is 0.300. The third-order valence-corrected chi connectivity index (χ3v) is 7.32. The fourth-order valence-electron chi connectivity index (χ4n) is 4.83. The number of aromatic hydroxyl groups is 1. The monoisotopic (exact) mass is 500 g/mol. The molecular weight excluding hydrogens is 468 g/mol. The quantitative estimate of drug-likeness (QED) is 0.423. The van der Waals surface area contributed by atoms with Crippen LogP contribution < -0.4 is 4.90 Å². The second-order valence-electron chi connectivity index (χ2n) is 9.70. The van der Waals surface area contributed by atoms with Crippen molar-refractivity contribution in [1.29, 1.82) is 5.26 Å². The normalized spacial score (nSPS) is 16.9. The van der Waals surface area contributed by atoms with E-state index in [0.29, 0.717) is 16.5 Å². The van der Waals surface area contributed by atoms with Gasteiger partial charge in [-0.05, 0) is 59.0 Å².